The van der Waals surface area contributed by atoms with E-state index in [0.29, 0.717) is 29.4 Å². The molecule has 0 radical (unpaired) electrons. The van der Waals surface area contributed by atoms with Crippen molar-refractivity contribution in [1.29, 1.82) is 0 Å². The maximum absolute atomic E-state index is 12.8. The lowest BCUT2D eigenvalue weighted by Gasteiger charge is -2.25. The summed E-state index contributed by atoms with van der Waals surface area (Å²) in [7, 11) is 0. The Morgan fingerprint density at radius 2 is 1.58 bits per heavy atom. The SMILES string of the molecule is O=C(Nc1cnn2c(C3CCCCC3)c(-c3ccc(OCc4ccccc4)cc3)cnc12)c1ccccc1. The number of benzene rings is 3. The summed E-state index contributed by atoms with van der Waals surface area (Å²) in [6, 6.07) is 27.6. The van der Waals surface area contributed by atoms with Crippen LogP contribution in [0, 0.1) is 0 Å². The van der Waals surface area contributed by atoms with Gasteiger partial charge < -0.3 is 10.1 Å². The molecule has 0 spiro atoms. The Bertz CT molecular complexity index is 1520. The quantitative estimate of drug-likeness (QED) is 0.254. The summed E-state index contributed by atoms with van der Waals surface area (Å²) in [5.74, 6) is 1.04. The van der Waals surface area contributed by atoms with E-state index in [1.807, 2.05) is 59.2 Å². The average Bonchev–Trinajstić information content (AvgIpc) is 3.40. The van der Waals surface area contributed by atoms with Gasteiger partial charge in [-0.05, 0) is 48.2 Å². The van der Waals surface area contributed by atoms with Crippen LogP contribution in [0.25, 0.3) is 16.8 Å². The fourth-order valence-electron chi connectivity index (χ4n) is 5.28. The average molecular weight is 503 g/mol. The molecule has 6 nitrogen and oxygen atoms in total. The standard InChI is InChI=1S/C32H30N4O2/c37-32(26-14-8-3-9-15-26)35-29-21-34-36-30(25-12-6-2-7-13-25)28(20-33-31(29)36)24-16-18-27(19-17-24)38-22-23-10-4-1-5-11-23/h1,3-5,8-11,14-21,25H,2,6-7,12-13,22H2,(H,35,37). The van der Waals surface area contributed by atoms with Crippen LogP contribution in [0.2, 0.25) is 0 Å². The number of aromatic nitrogens is 3. The molecule has 1 aliphatic carbocycles. The number of carbonyl (C=O) groups is 1. The molecule has 1 N–H and O–H groups in total. The Hall–Kier alpha value is -4.45. The number of rotatable bonds is 7. The summed E-state index contributed by atoms with van der Waals surface area (Å²) in [6.07, 6.45) is 9.56. The highest BCUT2D eigenvalue weighted by molar-refractivity contribution is 6.05. The van der Waals surface area contributed by atoms with Gasteiger partial charge in [-0.1, -0.05) is 79.9 Å². The third kappa shape index (κ3) is 5.02. The molecule has 0 unspecified atom stereocenters. The van der Waals surface area contributed by atoms with E-state index < -0.39 is 0 Å². The molecular weight excluding hydrogens is 472 g/mol. The predicted octanol–water partition coefficient (Wildman–Crippen LogP) is 7.28. The summed E-state index contributed by atoms with van der Waals surface area (Å²) < 4.78 is 7.94. The number of hydrogen-bond donors (Lipinski definition) is 1. The van der Waals surface area contributed by atoms with Gasteiger partial charge in [-0.3, -0.25) is 4.79 Å². The first kappa shape index (κ1) is 23.9. The second kappa shape index (κ2) is 10.9. The first-order valence-electron chi connectivity index (χ1n) is 13.3. The number of nitrogens with zero attached hydrogens (tertiary/aromatic N) is 3. The third-order valence-corrected chi connectivity index (χ3v) is 7.25. The van der Waals surface area contributed by atoms with Gasteiger partial charge in [0.2, 0.25) is 0 Å². The van der Waals surface area contributed by atoms with E-state index in [9.17, 15) is 4.79 Å². The largest absolute Gasteiger partial charge is 0.489 e. The molecule has 190 valence electrons. The molecule has 0 aliphatic heterocycles. The zero-order valence-electron chi connectivity index (χ0n) is 21.2. The molecule has 1 aliphatic rings. The van der Waals surface area contributed by atoms with Crippen molar-refractivity contribution in [3.8, 4) is 16.9 Å². The van der Waals surface area contributed by atoms with E-state index in [4.69, 9.17) is 14.8 Å². The molecule has 0 atom stereocenters. The van der Waals surface area contributed by atoms with Gasteiger partial charge in [-0.2, -0.15) is 5.10 Å². The van der Waals surface area contributed by atoms with Crippen molar-refractivity contribution in [2.45, 2.75) is 44.6 Å². The number of amides is 1. The van der Waals surface area contributed by atoms with Crippen LogP contribution < -0.4 is 10.1 Å². The first-order chi connectivity index (χ1) is 18.8. The lowest BCUT2D eigenvalue weighted by atomic mass is 9.84. The molecule has 1 fully saturated rings. The number of nitrogens with one attached hydrogen (secondary N) is 1. The van der Waals surface area contributed by atoms with Gasteiger partial charge in [0, 0.05) is 23.2 Å². The van der Waals surface area contributed by atoms with Crippen LogP contribution in [0.1, 0.15) is 59.6 Å². The van der Waals surface area contributed by atoms with E-state index in [1.54, 1.807) is 18.3 Å². The molecule has 2 aromatic heterocycles. The fraction of sp³-hybridized carbons (Fsp3) is 0.219. The van der Waals surface area contributed by atoms with Gasteiger partial charge in [-0.15, -0.1) is 0 Å². The molecule has 38 heavy (non-hydrogen) atoms. The van der Waals surface area contributed by atoms with E-state index >= 15 is 0 Å². The van der Waals surface area contributed by atoms with Crippen LogP contribution in [0.4, 0.5) is 5.69 Å². The van der Waals surface area contributed by atoms with Gasteiger partial charge in [-0.25, -0.2) is 9.50 Å². The van der Waals surface area contributed by atoms with Gasteiger partial charge in [0.1, 0.15) is 18.0 Å². The lowest BCUT2D eigenvalue weighted by Crippen LogP contribution is -2.14. The highest BCUT2D eigenvalue weighted by Crippen LogP contribution is 2.39. The van der Waals surface area contributed by atoms with E-state index in [-0.39, 0.29) is 5.91 Å². The predicted molar refractivity (Wildman–Crippen MR) is 149 cm³/mol. The molecule has 3 aromatic carbocycles. The molecule has 5 aromatic rings. The number of fused-ring (bicyclic) bond motifs is 1. The highest BCUT2D eigenvalue weighted by Gasteiger charge is 2.25. The zero-order valence-corrected chi connectivity index (χ0v) is 21.2. The summed E-state index contributed by atoms with van der Waals surface area (Å²) >= 11 is 0. The molecule has 6 heteroatoms. The first-order valence-corrected chi connectivity index (χ1v) is 13.3. The second-order valence-electron chi connectivity index (χ2n) is 9.80. The fourth-order valence-corrected chi connectivity index (χ4v) is 5.28. The molecule has 1 amide bonds. The summed E-state index contributed by atoms with van der Waals surface area (Å²) in [6.45, 7) is 0.534. The van der Waals surface area contributed by atoms with Crippen LogP contribution in [0.5, 0.6) is 5.75 Å². The molecular formula is C32H30N4O2. The van der Waals surface area contributed by atoms with Crippen molar-refractivity contribution in [3.05, 3.63) is 114 Å². The van der Waals surface area contributed by atoms with Gasteiger partial charge in [0.15, 0.2) is 5.65 Å². The molecule has 2 heterocycles. The van der Waals surface area contributed by atoms with Crippen LogP contribution >= 0.6 is 0 Å². The van der Waals surface area contributed by atoms with E-state index in [1.165, 1.54) is 19.3 Å². The van der Waals surface area contributed by atoms with Gasteiger partial charge >= 0.3 is 0 Å². The summed E-state index contributed by atoms with van der Waals surface area (Å²) in [4.78, 5) is 17.6. The Morgan fingerprint density at radius 3 is 2.32 bits per heavy atom. The van der Waals surface area contributed by atoms with Crippen LogP contribution in [0.3, 0.4) is 0 Å². The minimum Gasteiger partial charge on any atom is -0.489 e. The van der Waals surface area contributed by atoms with Crippen molar-refractivity contribution >= 4 is 17.2 Å². The molecule has 0 saturated heterocycles. The van der Waals surface area contributed by atoms with Gasteiger partial charge in [0.25, 0.3) is 5.91 Å². The summed E-state index contributed by atoms with van der Waals surface area (Å²) in [5.41, 5.74) is 6.34. The zero-order chi connectivity index (χ0) is 25.7. The van der Waals surface area contributed by atoms with Crippen molar-refractivity contribution in [2.24, 2.45) is 0 Å². The van der Waals surface area contributed by atoms with E-state index in [0.717, 1.165) is 41.0 Å². The number of hydrogen-bond acceptors (Lipinski definition) is 4. The van der Waals surface area contributed by atoms with Gasteiger partial charge in [0.05, 0.1) is 11.9 Å². The van der Waals surface area contributed by atoms with Crippen LogP contribution in [0.15, 0.2) is 97.3 Å². The topological polar surface area (TPSA) is 68.5 Å². The number of carbonyl (C=O) groups excluding carboxylic acids is 1. The van der Waals surface area contributed by atoms with Crippen LogP contribution in [-0.2, 0) is 6.61 Å². The minimum atomic E-state index is -0.170. The van der Waals surface area contributed by atoms with Crippen molar-refractivity contribution in [3.63, 3.8) is 0 Å². The normalized spacial score (nSPS) is 13.9. The Balaban J connectivity index is 1.31. The van der Waals surface area contributed by atoms with Crippen molar-refractivity contribution < 1.29 is 9.53 Å². The second-order valence-corrected chi connectivity index (χ2v) is 9.80. The van der Waals surface area contributed by atoms with Crippen LogP contribution in [-0.4, -0.2) is 20.5 Å². The molecule has 0 bridgehead atoms. The monoisotopic (exact) mass is 502 g/mol. The van der Waals surface area contributed by atoms with Crippen molar-refractivity contribution in [1.82, 2.24) is 14.6 Å². The van der Waals surface area contributed by atoms with E-state index in [2.05, 4.69) is 29.6 Å². The maximum Gasteiger partial charge on any atom is 0.255 e. The lowest BCUT2D eigenvalue weighted by molar-refractivity contribution is 0.102. The molecule has 1 saturated carbocycles. The van der Waals surface area contributed by atoms with Crippen molar-refractivity contribution in [2.75, 3.05) is 5.32 Å². The highest BCUT2D eigenvalue weighted by atomic mass is 16.5. The summed E-state index contributed by atoms with van der Waals surface area (Å²) in [5, 5.41) is 7.73. The molecule has 6 rings (SSSR count). The smallest absolute Gasteiger partial charge is 0.255 e. The Kier molecular flexibility index (Phi) is 6.85. The maximum atomic E-state index is 12.8. The number of ether oxygens (including phenoxy) is 1. The minimum absolute atomic E-state index is 0.170. The Morgan fingerprint density at radius 1 is 0.868 bits per heavy atom. The Labute approximate surface area is 222 Å². The number of anilines is 1. The third-order valence-electron chi connectivity index (χ3n) is 7.25.